The molecule has 4 heterocycles. The van der Waals surface area contributed by atoms with Gasteiger partial charge in [-0.15, -0.1) is 0 Å². The van der Waals surface area contributed by atoms with Crippen LogP contribution in [0.25, 0.3) is 28.3 Å². The Kier molecular flexibility index (Phi) is 4.28. The minimum absolute atomic E-state index is 0.0832. The van der Waals surface area contributed by atoms with Crippen LogP contribution in [0.1, 0.15) is 36.3 Å². The molecule has 6 heteroatoms. The van der Waals surface area contributed by atoms with Gasteiger partial charge in [-0.2, -0.15) is 5.10 Å². The standard InChI is InChI=1S/C24H21N5O/c1-24(2)12-21-18(23(30)13-24)7-8-19(27-21)22-11-20(16-5-3-9-25-14-16)28-29(22)17-6-4-10-26-15-17/h3-11,14-15H,12-13H2,1-2H3. The first kappa shape index (κ1) is 18.4. The molecule has 0 saturated heterocycles. The Morgan fingerprint density at radius 2 is 1.73 bits per heavy atom. The lowest BCUT2D eigenvalue weighted by Gasteiger charge is -2.29. The third-order valence-electron chi connectivity index (χ3n) is 5.38. The monoisotopic (exact) mass is 395 g/mol. The molecule has 6 nitrogen and oxygen atoms in total. The second-order valence-corrected chi connectivity index (χ2v) is 8.41. The van der Waals surface area contributed by atoms with Gasteiger partial charge in [0.15, 0.2) is 5.78 Å². The molecule has 0 unspecified atom stereocenters. The van der Waals surface area contributed by atoms with E-state index >= 15 is 0 Å². The zero-order valence-corrected chi connectivity index (χ0v) is 16.9. The highest BCUT2D eigenvalue weighted by Gasteiger charge is 2.32. The predicted octanol–water partition coefficient (Wildman–Crippen LogP) is 4.55. The molecule has 4 aromatic rings. The van der Waals surface area contributed by atoms with Gasteiger partial charge in [-0.25, -0.2) is 4.68 Å². The van der Waals surface area contributed by atoms with E-state index in [0.717, 1.165) is 46.0 Å². The van der Waals surface area contributed by atoms with E-state index in [1.807, 2.05) is 47.1 Å². The van der Waals surface area contributed by atoms with Crippen molar-refractivity contribution in [3.63, 3.8) is 0 Å². The van der Waals surface area contributed by atoms with Crippen molar-refractivity contribution in [3.8, 4) is 28.3 Å². The fourth-order valence-corrected chi connectivity index (χ4v) is 3.97. The van der Waals surface area contributed by atoms with Gasteiger partial charge < -0.3 is 0 Å². The van der Waals surface area contributed by atoms with Gasteiger partial charge in [-0.3, -0.25) is 19.7 Å². The Bertz CT molecular complexity index is 1230. The number of Topliss-reactive ketones (excluding diaryl/α,β-unsaturated/α-hetero) is 1. The van der Waals surface area contributed by atoms with Gasteiger partial charge >= 0.3 is 0 Å². The number of pyridine rings is 3. The number of rotatable bonds is 3. The number of nitrogens with zero attached hydrogens (tertiary/aromatic N) is 5. The van der Waals surface area contributed by atoms with Crippen LogP contribution in [0.15, 0.2) is 67.3 Å². The fraction of sp³-hybridized carbons (Fsp3) is 0.208. The third-order valence-corrected chi connectivity index (χ3v) is 5.38. The Hall–Kier alpha value is -3.67. The molecule has 30 heavy (non-hydrogen) atoms. The summed E-state index contributed by atoms with van der Waals surface area (Å²) in [6, 6.07) is 13.5. The Morgan fingerprint density at radius 1 is 0.933 bits per heavy atom. The summed E-state index contributed by atoms with van der Waals surface area (Å²) in [5.74, 6) is 0.164. The van der Waals surface area contributed by atoms with Crippen LogP contribution in [-0.4, -0.2) is 30.5 Å². The maximum Gasteiger partial charge on any atom is 0.165 e. The zero-order valence-electron chi connectivity index (χ0n) is 16.9. The molecule has 0 atom stereocenters. The highest BCUT2D eigenvalue weighted by atomic mass is 16.1. The van der Waals surface area contributed by atoms with Crippen LogP contribution in [-0.2, 0) is 6.42 Å². The summed E-state index contributed by atoms with van der Waals surface area (Å²) in [6.07, 6.45) is 8.37. The average molecular weight is 395 g/mol. The summed E-state index contributed by atoms with van der Waals surface area (Å²) < 4.78 is 1.85. The van der Waals surface area contributed by atoms with E-state index < -0.39 is 0 Å². The average Bonchev–Trinajstić information content (AvgIpc) is 3.19. The van der Waals surface area contributed by atoms with Gasteiger partial charge in [0.25, 0.3) is 0 Å². The van der Waals surface area contributed by atoms with Crippen molar-refractivity contribution in [1.29, 1.82) is 0 Å². The molecular weight excluding hydrogens is 374 g/mol. The van der Waals surface area contributed by atoms with Crippen LogP contribution in [0.4, 0.5) is 0 Å². The molecule has 148 valence electrons. The molecular formula is C24H21N5O. The maximum atomic E-state index is 12.6. The number of fused-ring (bicyclic) bond motifs is 1. The van der Waals surface area contributed by atoms with Gasteiger partial charge in [0.1, 0.15) is 0 Å². The maximum absolute atomic E-state index is 12.6. The van der Waals surface area contributed by atoms with E-state index in [9.17, 15) is 4.79 Å². The molecule has 0 bridgehead atoms. The smallest absolute Gasteiger partial charge is 0.165 e. The van der Waals surface area contributed by atoms with Crippen LogP contribution in [0.5, 0.6) is 0 Å². The number of aromatic nitrogens is 5. The van der Waals surface area contributed by atoms with Crippen LogP contribution in [0, 0.1) is 5.41 Å². The summed E-state index contributed by atoms with van der Waals surface area (Å²) in [7, 11) is 0. The fourth-order valence-electron chi connectivity index (χ4n) is 3.97. The van der Waals surface area contributed by atoms with E-state index in [0.29, 0.717) is 6.42 Å². The molecule has 0 aliphatic heterocycles. The number of hydrogen-bond donors (Lipinski definition) is 0. The largest absolute Gasteiger partial charge is 0.294 e. The Morgan fingerprint density at radius 3 is 2.47 bits per heavy atom. The van der Waals surface area contributed by atoms with Crippen LogP contribution in [0.2, 0.25) is 0 Å². The molecule has 1 aliphatic carbocycles. The van der Waals surface area contributed by atoms with Crippen molar-refractivity contribution in [3.05, 3.63) is 78.5 Å². The molecule has 0 radical (unpaired) electrons. The van der Waals surface area contributed by atoms with Gasteiger partial charge in [-0.1, -0.05) is 13.8 Å². The quantitative estimate of drug-likeness (QED) is 0.509. The molecule has 0 amide bonds. The first-order valence-electron chi connectivity index (χ1n) is 9.95. The van der Waals surface area contributed by atoms with Crippen LogP contribution in [0.3, 0.4) is 0 Å². The van der Waals surface area contributed by atoms with Gasteiger partial charge in [0.2, 0.25) is 0 Å². The van der Waals surface area contributed by atoms with E-state index in [1.165, 1.54) is 0 Å². The molecule has 0 N–H and O–H groups in total. The van der Waals surface area contributed by atoms with Crippen LogP contribution >= 0.6 is 0 Å². The number of carbonyl (C=O) groups is 1. The first-order valence-corrected chi connectivity index (χ1v) is 9.95. The summed E-state index contributed by atoms with van der Waals surface area (Å²) in [4.78, 5) is 25.9. The van der Waals surface area contributed by atoms with Crippen molar-refractivity contribution >= 4 is 5.78 Å². The van der Waals surface area contributed by atoms with E-state index in [-0.39, 0.29) is 11.2 Å². The number of hydrogen-bond acceptors (Lipinski definition) is 5. The summed E-state index contributed by atoms with van der Waals surface area (Å²) >= 11 is 0. The minimum Gasteiger partial charge on any atom is -0.294 e. The molecule has 4 aromatic heterocycles. The Labute approximate surface area is 174 Å². The molecule has 0 fully saturated rings. The lowest BCUT2D eigenvalue weighted by Crippen LogP contribution is -2.28. The van der Waals surface area contributed by atoms with E-state index in [4.69, 9.17) is 10.1 Å². The van der Waals surface area contributed by atoms with Crippen LogP contribution < -0.4 is 0 Å². The lowest BCUT2D eigenvalue weighted by molar-refractivity contribution is 0.0910. The first-order chi connectivity index (χ1) is 14.5. The highest BCUT2D eigenvalue weighted by molar-refractivity contribution is 5.98. The lowest BCUT2D eigenvalue weighted by atomic mass is 9.75. The van der Waals surface area contributed by atoms with Crippen molar-refractivity contribution in [2.75, 3.05) is 0 Å². The van der Waals surface area contributed by atoms with Crippen molar-refractivity contribution in [2.24, 2.45) is 5.41 Å². The highest BCUT2D eigenvalue weighted by Crippen LogP contribution is 2.35. The van der Waals surface area contributed by atoms with Crippen molar-refractivity contribution < 1.29 is 4.79 Å². The molecule has 5 rings (SSSR count). The normalized spacial score (nSPS) is 15.1. The van der Waals surface area contributed by atoms with E-state index in [2.05, 4.69) is 23.8 Å². The summed E-state index contributed by atoms with van der Waals surface area (Å²) in [6.45, 7) is 4.23. The molecule has 0 saturated carbocycles. The second kappa shape index (κ2) is 6.99. The molecule has 0 aromatic carbocycles. The predicted molar refractivity (Wildman–Crippen MR) is 114 cm³/mol. The zero-order chi connectivity index (χ0) is 20.7. The van der Waals surface area contributed by atoms with Gasteiger partial charge in [-0.05, 0) is 54.3 Å². The number of ketones is 1. The van der Waals surface area contributed by atoms with Gasteiger partial charge in [0.05, 0.1) is 34.7 Å². The van der Waals surface area contributed by atoms with Crippen molar-refractivity contribution in [1.82, 2.24) is 24.7 Å². The third kappa shape index (κ3) is 3.30. The topological polar surface area (TPSA) is 73.6 Å². The summed E-state index contributed by atoms with van der Waals surface area (Å²) in [5.41, 5.74) is 5.71. The van der Waals surface area contributed by atoms with E-state index in [1.54, 1.807) is 24.8 Å². The number of carbonyl (C=O) groups excluding carboxylic acids is 1. The Balaban J connectivity index is 1.67. The molecule has 0 spiro atoms. The minimum atomic E-state index is -0.0832. The molecule has 1 aliphatic rings. The summed E-state index contributed by atoms with van der Waals surface area (Å²) in [5, 5.41) is 4.81. The van der Waals surface area contributed by atoms with Gasteiger partial charge in [0, 0.05) is 36.1 Å². The van der Waals surface area contributed by atoms with Crippen molar-refractivity contribution in [2.45, 2.75) is 26.7 Å². The second-order valence-electron chi connectivity index (χ2n) is 8.41. The SMILES string of the molecule is CC1(C)CC(=O)c2ccc(-c3cc(-c4cccnc4)nn3-c3cccnc3)nc2C1.